The highest BCUT2D eigenvalue weighted by Gasteiger charge is 2.46. The highest BCUT2D eigenvalue weighted by Crippen LogP contribution is 2.29. The van der Waals surface area contributed by atoms with Gasteiger partial charge in [-0.3, -0.25) is 0 Å². The zero-order chi connectivity index (χ0) is 10.1. The summed E-state index contributed by atoms with van der Waals surface area (Å²) in [4.78, 5) is 10.8. The van der Waals surface area contributed by atoms with E-state index in [2.05, 4.69) is 0 Å². The van der Waals surface area contributed by atoms with Crippen LogP contribution in [-0.2, 0) is 14.3 Å². The molecule has 5 nitrogen and oxygen atoms in total. The summed E-state index contributed by atoms with van der Waals surface area (Å²) in [7, 11) is 1.26. The van der Waals surface area contributed by atoms with Crippen molar-refractivity contribution in [1.82, 2.24) is 0 Å². The van der Waals surface area contributed by atoms with Gasteiger partial charge in [-0.1, -0.05) is 6.92 Å². The van der Waals surface area contributed by atoms with E-state index in [1.165, 1.54) is 7.11 Å². The van der Waals surface area contributed by atoms with Crippen LogP contribution in [0, 0.1) is 5.92 Å². The molecule has 1 heterocycles. The van der Waals surface area contributed by atoms with Crippen molar-refractivity contribution < 1.29 is 24.5 Å². The van der Waals surface area contributed by atoms with Crippen LogP contribution in [0.1, 0.15) is 13.3 Å². The Kier molecular flexibility index (Phi) is 2.90. The first-order valence-corrected chi connectivity index (χ1v) is 4.12. The Morgan fingerprint density at radius 2 is 2.31 bits per heavy atom. The Morgan fingerprint density at radius 3 is 2.69 bits per heavy atom. The largest absolute Gasteiger partial charge is 0.477 e. The fraction of sp³-hybridized carbons (Fsp3) is 0.875. The molecule has 5 heteroatoms. The molecule has 1 aliphatic heterocycles. The second-order valence-corrected chi connectivity index (χ2v) is 3.32. The maximum Gasteiger partial charge on any atom is 0.364 e. The van der Waals surface area contributed by atoms with Gasteiger partial charge in [-0.05, 0) is 0 Å². The number of aliphatic hydroxyl groups is 1. The molecule has 1 saturated heterocycles. The Hall–Kier alpha value is -0.650. The van der Waals surface area contributed by atoms with Gasteiger partial charge in [-0.25, -0.2) is 4.79 Å². The van der Waals surface area contributed by atoms with E-state index in [1.54, 1.807) is 6.92 Å². The summed E-state index contributed by atoms with van der Waals surface area (Å²) in [5, 5.41) is 18.3. The summed E-state index contributed by atoms with van der Waals surface area (Å²) in [5.41, 5.74) is 0. The maximum absolute atomic E-state index is 10.8. The Balaban J connectivity index is 2.74. The van der Waals surface area contributed by atoms with Gasteiger partial charge in [0.1, 0.15) is 0 Å². The van der Waals surface area contributed by atoms with E-state index < -0.39 is 17.9 Å². The van der Waals surface area contributed by atoms with Gasteiger partial charge in [0.15, 0.2) is 0 Å². The monoisotopic (exact) mass is 190 g/mol. The molecule has 0 radical (unpaired) electrons. The topological polar surface area (TPSA) is 76.0 Å². The number of carbonyl (C=O) groups is 1. The van der Waals surface area contributed by atoms with Crippen LogP contribution in [0.3, 0.4) is 0 Å². The van der Waals surface area contributed by atoms with Gasteiger partial charge in [-0.15, -0.1) is 0 Å². The van der Waals surface area contributed by atoms with Gasteiger partial charge >= 0.3 is 5.97 Å². The third-order valence-corrected chi connectivity index (χ3v) is 2.37. The molecule has 2 N–H and O–H groups in total. The van der Waals surface area contributed by atoms with Gasteiger partial charge in [0.2, 0.25) is 0 Å². The number of carboxylic acids is 1. The van der Waals surface area contributed by atoms with Crippen molar-refractivity contribution in [3.8, 4) is 0 Å². The highest BCUT2D eigenvalue weighted by molar-refractivity contribution is 5.75. The van der Waals surface area contributed by atoms with E-state index in [0.717, 1.165) is 0 Å². The van der Waals surface area contributed by atoms with Crippen molar-refractivity contribution in [1.29, 1.82) is 0 Å². The lowest BCUT2D eigenvalue weighted by Gasteiger charge is -2.37. The molecular weight excluding hydrogens is 176 g/mol. The summed E-state index contributed by atoms with van der Waals surface area (Å²) in [5.74, 6) is -2.91. The molecule has 0 amide bonds. The number of aliphatic carboxylic acids is 1. The second kappa shape index (κ2) is 3.61. The molecular formula is C8H14O5. The van der Waals surface area contributed by atoms with Crippen LogP contribution in [0.15, 0.2) is 0 Å². The number of hydrogen-bond acceptors (Lipinski definition) is 4. The van der Waals surface area contributed by atoms with Crippen LogP contribution < -0.4 is 0 Å². The molecule has 1 rings (SSSR count). The zero-order valence-corrected chi connectivity index (χ0v) is 7.69. The summed E-state index contributed by atoms with van der Waals surface area (Å²) in [6, 6.07) is 0. The van der Waals surface area contributed by atoms with Crippen LogP contribution in [0.2, 0.25) is 0 Å². The van der Waals surface area contributed by atoms with Gasteiger partial charge < -0.3 is 19.7 Å². The SMILES string of the molecule is CO[C@@]1(C(=O)O)C[C@H](O)[C@H](C)CO1. The smallest absolute Gasteiger partial charge is 0.364 e. The number of aliphatic hydroxyl groups excluding tert-OH is 1. The van der Waals surface area contributed by atoms with Gasteiger partial charge in [0, 0.05) is 19.4 Å². The second-order valence-electron chi connectivity index (χ2n) is 3.32. The Bertz CT molecular complexity index is 205. The average molecular weight is 190 g/mol. The van der Waals surface area contributed by atoms with Crippen LogP contribution in [0.4, 0.5) is 0 Å². The lowest BCUT2D eigenvalue weighted by molar-refractivity contribution is -0.269. The zero-order valence-electron chi connectivity index (χ0n) is 7.69. The van der Waals surface area contributed by atoms with Crippen molar-refractivity contribution in [2.45, 2.75) is 25.2 Å². The van der Waals surface area contributed by atoms with E-state index in [9.17, 15) is 9.90 Å². The number of hydrogen-bond donors (Lipinski definition) is 2. The number of rotatable bonds is 2. The maximum atomic E-state index is 10.8. The Morgan fingerprint density at radius 1 is 1.69 bits per heavy atom. The van der Waals surface area contributed by atoms with Crippen molar-refractivity contribution in [3.05, 3.63) is 0 Å². The first kappa shape index (κ1) is 10.4. The van der Waals surface area contributed by atoms with Gasteiger partial charge in [0.05, 0.1) is 12.7 Å². The molecule has 0 bridgehead atoms. The van der Waals surface area contributed by atoms with E-state index in [-0.39, 0.29) is 18.9 Å². The van der Waals surface area contributed by atoms with Crippen LogP contribution in [0.5, 0.6) is 0 Å². The predicted octanol–water partition coefficient (Wildman–Crippen LogP) is -0.169. The number of ether oxygens (including phenoxy) is 2. The summed E-state index contributed by atoms with van der Waals surface area (Å²) < 4.78 is 9.85. The van der Waals surface area contributed by atoms with Crippen molar-refractivity contribution in [2.75, 3.05) is 13.7 Å². The fourth-order valence-corrected chi connectivity index (χ4v) is 1.29. The molecule has 13 heavy (non-hydrogen) atoms. The Labute approximate surface area is 76.3 Å². The van der Waals surface area contributed by atoms with E-state index >= 15 is 0 Å². The molecule has 0 spiro atoms. The number of methoxy groups -OCH3 is 1. The molecule has 0 aromatic carbocycles. The normalized spacial score (nSPS) is 40.2. The first-order valence-electron chi connectivity index (χ1n) is 4.12. The average Bonchev–Trinajstić information content (AvgIpc) is 2.09. The predicted molar refractivity (Wildman–Crippen MR) is 43.1 cm³/mol. The van der Waals surface area contributed by atoms with Gasteiger partial charge in [-0.2, -0.15) is 0 Å². The quantitative estimate of drug-likeness (QED) is 0.632. The third kappa shape index (κ3) is 1.82. The summed E-state index contributed by atoms with van der Waals surface area (Å²) in [6.45, 7) is 1.99. The molecule has 0 unspecified atom stereocenters. The summed E-state index contributed by atoms with van der Waals surface area (Å²) >= 11 is 0. The summed E-state index contributed by atoms with van der Waals surface area (Å²) in [6.07, 6.45) is -0.718. The fourth-order valence-electron chi connectivity index (χ4n) is 1.29. The number of carboxylic acid groups (broad SMARTS) is 1. The van der Waals surface area contributed by atoms with E-state index in [1.807, 2.05) is 0 Å². The first-order chi connectivity index (χ1) is 6.02. The molecule has 0 aliphatic carbocycles. The lowest BCUT2D eigenvalue weighted by atomic mass is 9.94. The lowest BCUT2D eigenvalue weighted by Crippen LogP contribution is -2.52. The minimum Gasteiger partial charge on any atom is -0.477 e. The molecule has 3 atom stereocenters. The molecule has 0 saturated carbocycles. The van der Waals surface area contributed by atoms with E-state index in [4.69, 9.17) is 14.6 Å². The molecule has 0 aromatic heterocycles. The van der Waals surface area contributed by atoms with Crippen molar-refractivity contribution in [3.63, 3.8) is 0 Å². The molecule has 1 fully saturated rings. The molecule has 1 aliphatic rings. The van der Waals surface area contributed by atoms with Crippen LogP contribution in [0.25, 0.3) is 0 Å². The van der Waals surface area contributed by atoms with E-state index in [0.29, 0.717) is 0 Å². The molecule has 76 valence electrons. The molecule has 0 aromatic rings. The third-order valence-electron chi connectivity index (χ3n) is 2.37. The minimum absolute atomic E-state index is 0.0278. The van der Waals surface area contributed by atoms with Crippen LogP contribution >= 0.6 is 0 Å². The van der Waals surface area contributed by atoms with Crippen molar-refractivity contribution in [2.24, 2.45) is 5.92 Å². The van der Waals surface area contributed by atoms with Crippen molar-refractivity contribution >= 4 is 5.97 Å². The standard InChI is InChI=1S/C8H14O5/c1-5-4-13-8(12-2,7(10)11)3-6(5)9/h5-6,9H,3-4H2,1-2H3,(H,10,11)/t5-,6+,8+/m1/s1. The minimum atomic E-state index is -1.66. The highest BCUT2D eigenvalue weighted by atomic mass is 16.7. The van der Waals surface area contributed by atoms with Gasteiger partial charge in [0.25, 0.3) is 5.79 Å². The van der Waals surface area contributed by atoms with Crippen LogP contribution in [-0.4, -0.2) is 41.8 Å².